The third kappa shape index (κ3) is 8.92. The van der Waals surface area contributed by atoms with Gasteiger partial charge in [-0.3, -0.25) is 9.79 Å². The molecule has 2 aromatic heterocycles. The number of phenols is 1. The molecule has 0 atom stereocenters. The largest absolute Gasteiger partial charge is 0.524 e. The van der Waals surface area contributed by atoms with E-state index in [-0.39, 0.29) is 23.5 Å². The van der Waals surface area contributed by atoms with Gasteiger partial charge in [-0.1, -0.05) is 73.1 Å². The molecule has 0 spiro atoms. The Morgan fingerprint density at radius 1 is 1.05 bits per heavy atom. The number of fused-ring (bicyclic) bond motifs is 3. The number of nitrogen functional groups attached to an aromatic ring is 1. The number of phosphoric ester groups is 1. The molecule has 0 aliphatic carbocycles. The monoisotopic (exact) mass is 616 g/mol. The summed E-state index contributed by atoms with van der Waals surface area (Å²) >= 11 is 0. The lowest BCUT2D eigenvalue weighted by atomic mass is 9.81. The Morgan fingerprint density at radius 2 is 1.74 bits per heavy atom. The van der Waals surface area contributed by atoms with Gasteiger partial charge in [0.1, 0.15) is 11.3 Å². The Bertz CT molecular complexity index is 1530. The number of aromatic hydroxyl groups is 1. The van der Waals surface area contributed by atoms with Crippen molar-refractivity contribution in [2.45, 2.75) is 93.0 Å². The molecule has 0 aliphatic heterocycles. The quantitative estimate of drug-likeness (QED) is 0.0936. The van der Waals surface area contributed by atoms with Gasteiger partial charge in [-0.15, -0.1) is 0 Å². The van der Waals surface area contributed by atoms with Gasteiger partial charge in [0, 0.05) is 30.6 Å². The van der Waals surface area contributed by atoms with E-state index in [1.54, 1.807) is 12.1 Å². The third-order valence-electron chi connectivity index (χ3n) is 7.02. The Kier molecular flexibility index (Phi) is 13.5. The minimum absolute atomic E-state index is 0.153. The number of para-hydroxylation sites is 1. The van der Waals surface area contributed by atoms with Gasteiger partial charge in [-0.25, -0.2) is 14.5 Å². The maximum absolute atomic E-state index is 11.4. The summed E-state index contributed by atoms with van der Waals surface area (Å²) in [5, 5.41) is 11.7. The van der Waals surface area contributed by atoms with E-state index in [4.69, 9.17) is 20.0 Å². The molecule has 0 unspecified atom stereocenters. The molecule has 0 saturated heterocycles. The normalized spacial score (nSPS) is 11.6. The second-order valence-electron chi connectivity index (χ2n) is 10.3. The van der Waals surface area contributed by atoms with Crippen LogP contribution in [0.15, 0.2) is 36.4 Å². The molecule has 0 fully saturated rings. The van der Waals surface area contributed by atoms with Crippen LogP contribution in [0.4, 0.5) is 5.82 Å². The van der Waals surface area contributed by atoms with Crippen molar-refractivity contribution in [3.63, 3.8) is 0 Å². The molecule has 4 aromatic rings. The molecule has 0 radical (unpaired) electrons. The SMILES string of the molecule is CC.CC.CCCCc1nc2c(N)nc3ccc(C(C)(C)CCOCC)cc3c2n1Cc1cccc(OP(=O)(O)O)c1O. The van der Waals surface area contributed by atoms with Gasteiger partial charge in [-0.05, 0) is 48.9 Å². The van der Waals surface area contributed by atoms with Crippen LogP contribution >= 0.6 is 7.82 Å². The van der Waals surface area contributed by atoms with Gasteiger partial charge in [0.25, 0.3) is 0 Å². The predicted octanol–water partition coefficient (Wildman–Crippen LogP) is 7.49. The molecular formula is C32H49N4O6P. The predicted molar refractivity (Wildman–Crippen MR) is 175 cm³/mol. The Hall–Kier alpha value is -3.17. The number of hydrogen-bond acceptors (Lipinski definition) is 7. The lowest BCUT2D eigenvalue weighted by molar-refractivity contribution is 0.130. The van der Waals surface area contributed by atoms with Crippen molar-refractivity contribution in [2.24, 2.45) is 0 Å². The number of nitrogens with zero attached hydrogens (tertiary/aromatic N) is 3. The third-order valence-corrected chi connectivity index (χ3v) is 7.46. The maximum atomic E-state index is 11.4. The van der Waals surface area contributed by atoms with Crippen molar-refractivity contribution in [1.82, 2.24) is 14.5 Å². The number of benzene rings is 2. The summed E-state index contributed by atoms with van der Waals surface area (Å²) < 4.78 is 23.8. The molecule has 238 valence electrons. The van der Waals surface area contributed by atoms with Crippen LogP contribution in [0.2, 0.25) is 0 Å². The van der Waals surface area contributed by atoms with Crippen LogP contribution in [0.1, 0.15) is 91.6 Å². The first kappa shape index (κ1) is 36.0. The molecule has 5 N–H and O–H groups in total. The first-order valence-electron chi connectivity index (χ1n) is 15.2. The van der Waals surface area contributed by atoms with Crippen molar-refractivity contribution in [1.29, 1.82) is 0 Å². The van der Waals surface area contributed by atoms with Gasteiger partial charge in [0.15, 0.2) is 17.3 Å². The number of unbranched alkanes of at least 4 members (excludes halogenated alkanes) is 1. The molecule has 4 rings (SSSR count). The molecule has 10 nitrogen and oxygen atoms in total. The number of nitrogens with two attached hydrogens (primary N) is 1. The van der Waals surface area contributed by atoms with Gasteiger partial charge in [0.2, 0.25) is 0 Å². The average molecular weight is 617 g/mol. The van der Waals surface area contributed by atoms with Crippen molar-refractivity contribution < 1.29 is 28.7 Å². The second kappa shape index (κ2) is 16.1. The fraction of sp³-hybridized carbons (Fsp3) is 0.500. The number of hydrogen-bond donors (Lipinski definition) is 4. The average Bonchev–Trinajstić information content (AvgIpc) is 3.34. The van der Waals surface area contributed by atoms with Gasteiger partial charge in [-0.2, -0.15) is 0 Å². The highest BCUT2D eigenvalue weighted by Gasteiger charge is 2.25. The summed E-state index contributed by atoms with van der Waals surface area (Å²) in [6.45, 7) is 18.0. The molecule has 0 amide bonds. The highest BCUT2D eigenvalue weighted by molar-refractivity contribution is 7.46. The minimum atomic E-state index is -4.85. The van der Waals surface area contributed by atoms with Crippen LogP contribution in [-0.2, 0) is 27.7 Å². The molecular weight excluding hydrogens is 567 g/mol. The second-order valence-corrected chi connectivity index (χ2v) is 11.5. The first-order chi connectivity index (χ1) is 20.4. The summed E-state index contributed by atoms with van der Waals surface area (Å²) in [6.07, 6.45) is 3.40. The lowest BCUT2D eigenvalue weighted by Crippen LogP contribution is -2.19. The first-order valence-corrected chi connectivity index (χ1v) is 16.7. The number of aromatic nitrogens is 3. The summed E-state index contributed by atoms with van der Waals surface area (Å²) in [6, 6.07) is 10.8. The molecule has 2 aromatic carbocycles. The summed E-state index contributed by atoms with van der Waals surface area (Å²) in [4.78, 5) is 28.1. The molecule has 11 heteroatoms. The molecule has 0 bridgehead atoms. The number of ether oxygens (including phenoxy) is 1. The van der Waals surface area contributed by atoms with Crippen molar-refractivity contribution in [3.8, 4) is 11.5 Å². The molecule has 0 saturated carbocycles. The van der Waals surface area contributed by atoms with E-state index in [2.05, 4.69) is 37.9 Å². The highest BCUT2D eigenvalue weighted by Crippen LogP contribution is 2.43. The number of anilines is 1. The van der Waals surface area contributed by atoms with E-state index in [1.165, 1.54) is 6.07 Å². The summed E-state index contributed by atoms with van der Waals surface area (Å²) in [5.41, 5.74) is 9.91. The molecule has 0 aliphatic rings. The number of pyridine rings is 1. The van der Waals surface area contributed by atoms with E-state index in [0.717, 1.165) is 47.1 Å². The molecule has 43 heavy (non-hydrogen) atoms. The summed E-state index contributed by atoms with van der Waals surface area (Å²) in [5.74, 6) is 0.479. The van der Waals surface area contributed by atoms with E-state index >= 15 is 0 Å². The van der Waals surface area contributed by atoms with E-state index in [0.29, 0.717) is 36.5 Å². The van der Waals surface area contributed by atoms with E-state index in [1.807, 2.05) is 45.3 Å². The van der Waals surface area contributed by atoms with Gasteiger partial charge in [0.05, 0.1) is 17.6 Å². The zero-order valence-corrected chi connectivity index (χ0v) is 27.7. The van der Waals surface area contributed by atoms with Crippen LogP contribution in [0.25, 0.3) is 21.9 Å². The number of phosphoric acid groups is 1. The van der Waals surface area contributed by atoms with Gasteiger partial charge >= 0.3 is 7.82 Å². The van der Waals surface area contributed by atoms with Crippen molar-refractivity contribution >= 4 is 35.6 Å². The topological polar surface area (TPSA) is 153 Å². The smallest absolute Gasteiger partial charge is 0.504 e. The lowest BCUT2D eigenvalue weighted by Gasteiger charge is -2.25. The van der Waals surface area contributed by atoms with Crippen molar-refractivity contribution in [3.05, 3.63) is 53.3 Å². The highest BCUT2D eigenvalue weighted by atomic mass is 31.2. The van der Waals surface area contributed by atoms with Gasteiger partial charge < -0.3 is 24.7 Å². The van der Waals surface area contributed by atoms with Crippen molar-refractivity contribution in [2.75, 3.05) is 18.9 Å². The number of imidazole rings is 1. The van der Waals surface area contributed by atoms with Crippen LogP contribution in [0.3, 0.4) is 0 Å². The zero-order chi connectivity index (χ0) is 32.4. The number of phenolic OH excluding ortho intramolecular Hbond substituents is 1. The zero-order valence-electron chi connectivity index (χ0n) is 26.8. The Morgan fingerprint density at radius 3 is 2.37 bits per heavy atom. The standard InChI is InChI=1S/C28H37N4O6P.2C2H6/c1-5-7-11-23-31-24-25(32(23)17-18-9-8-10-22(26(18)33)38-39(34,35)36)20-16-19(12-13-21(20)30-27(24)29)28(3,4)14-15-37-6-2;2*1-2/h8-10,12-13,16,33H,5-7,11,14-15,17H2,1-4H3,(H2,29,30)(H2,34,35,36);2*1-2H3. The fourth-order valence-corrected chi connectivity index (χ4v) is 5.16. The van der Waals surface area contributed by atoms with E-state index < -0.39 is 7.82 Å². The maximum Gasteiger partial charge on any atom is 0.524 e. The fourth-order valence-electron chi connectivity index (χ4n) is 4.76. The number of aryl methyl sites for hydroxylation is 1. The molecule has 2 heterocycles. The van der Waals surface area contributed by atoms with Crippen LogP contribution < -0.4 is 10.3 Å². The number of rotatable bonds is 12. The van der Waals surface area contributed by atoms with Crippen LogP contribution in [0, 0.1) is 0 Å². The minimum Gasteiger partial charge on any atom is -0.504 e. The van der Waals surface area contributed by atoms with E-state index in [9.17, 15) is 19.5 Å². The Labute approximate surface area is 255 Å². The van der Waals surface area contributed by atoms with Crippen LogP contribution in [0.5, 0.6) is 11.5 Å². The van der Waals surface area contributed by atoms with Crippen LogP contribution in [-0.4, -0.2) is 42.6 Å². The Balaban J connectivity index is 0.00000155. The summed E-state index contributed by atoms with van der Waals surface area (Å²) in [7, 11) is -4.85.